The Kier molecular flexibility index (Phi) is 4.37. The SMILES string of the molecule is CC(C)[C@H](NC(=O)c1ccccc1-n1cnnn1)c1nc2ccccc2[nH]1. The van der Waals surface area contributed by atoms with Crippen molar-refractivity contribution in [1.82, 2.24) is 35.5 Å². The van der Waals surface area contributed by atoms with Gasteiger partial charge < -0.3 is 10.3 Å². The number of fused-ring (bicyclic) bond motifs is 1. The lowest BCUT2D eigenvalue weighted by atomic mass is 10.0. The molecule has 0 spiro atoms. The van der Waals surface area contributed by atoms with E-state index in [0.717, 1.165) is 16.9 Å². The quantitative estimate of drug-likeness (QED) is 0.569. The van der Waals surface area contributed by atoms with Gasteiger partial charge in [0.2, 0.25) is 0 Å². The third kappa shape index (κ3) is 3.29. The molecule has 2 aromatic heterocycles. The summed E-state index contributed by atoms with van der Waals surface area (Å²) in [4.78, 5) is 21.0. The van der Waals surface area contributed by atoms with Crippen LogP contribution in [0.25, 0.3) is 16.7 Å². The zero-order valence-electron chi connectivity index (χ0n) is 15.0. The third-order valence-corrected chi connectivity index (χ3v) is 4.40. The Morgan fingerprint density at radius 2 is 1.89 bits per heavy atom. The molecule has 2 N–H and O–H groups in total. The smallest absolute Gasteiger partial charge is 0.254 e. The maximum absolute atomic E-state index is 13.0. The number of rotatable bonds is 5. The number of aromatic amines is 1. The highest BCUT2D eigenvalue weighted by atomic mass is 16.1. The Morgan fingerprint density at radius 3 is 2.63 bits per heavy atom. The van der Waals surface area contributed by atoms with Gasteiger partial charge in [0.15, 0.2) is 0 Å². The highest BCUT2D eigenvalue weighted by Crippen LogP contribution is 2.23. The Balaban J connectivity index is 1.66. The number of nitrogens with zero attached hydrogens (tertiary/aromatic N) is 5. The summed E-state index contributed by atoms with van der Waals surface area (Å²) < 4.78 is 1.47. The summed E-state index contributed by atoms with van der Waals surface area (Å²) in [7, 11) is 0. The molecule has 2 heterocycles. The largest absolute Gasteiger partial charge is 0.342 e. The van der Waals surface area contributed by atoms with Gasteiger partial charge >= 0.3 is 0 Å². The number of H-pyrrole nitrogens is 1. The minimum Gasteiger partial charge on any atom is -0.342 e. The van der Waals surface area contributed by atoms with Gasteiger partial charge in [-0.05, 0) is 40.6 Å². The fourth-order valence-electron chi connectivity index (χ4n) is 3.03. The zero-order chi connectivity index (χ0) is 18.8. The van der Waals surface area contributed by atoms with Crippen molar-refractivity contribution in [2.75, 3.05) is 0 Å². The van der Waals surface area contributed by atoms with Crippen molar-refractivity contribution < 1.29 is 4.79 Å². The highest BCUT2D eigenvalue weighted by molar-refractivity contribution is 5.98. The second-order valence-electron chi connectivity index (χ2n) is 6.61. The summed E-state index contributed by atoms with van der Waals surface area (Å²) in [6.45, 7) is 4.09. The maximum atomic E-state index is 13.0. The minimum atomic E-state index is -0.258. The molecule has 8 nitrogen and oxygen atoms in total. The first-order valence-electron chi connectivity index (χ1n) is 8.71. The van der Waals surface area contributed by atoms with E-state index in [1.807, 2.05) is 50.2 Å². The predicted octanol–water partition coefficient (Wildman–Crippen LogP) is 2.67. The summed E-state index contributed by atoms with van der Waals surface area (Å²) in [6, 6.07) is 14.8. The summed E-state index contributed by atoms with van der Waals surface area (Å²) in [6.07, 6.45) is 1.46. The van der Waals surface area contributed by atoms with Crippen LogP contribution < -0.4 is 5.32 Å². The van der Waals surface area contributed by atoms with E-state index >= 15 is 0 Å². The molecule has 0 radical (unpaired) electrons. The Labute approximate surface area is 155 Å². The standard InChI is InChI=1S/C19H19N7O/c1-12(2)17(18-21-14-8-4-5-9-15(14)22-18)23-19(27)13-7-3-6-10-16(13)26-11-20-24-25-26/h3-12,17H,1-2H3,(H,21,22)(H,23,27)/t17-/m0/s1. The molecule has 8 heteroatoms. The molecule has 0 saturated carbocycles. The fourth-order valence-corrected chi connectivity index (χ4v) is 3.03. The van der Waals surface area contributed by atoms with Gasteiger partial charge in [0.05, 0.1) is 28.3 Å². The first-order chi connectivity index (χ1) is 13.1. The number of imidazole rings is 1. The van der Waals surface area contributed by atoms with Crippen LogP contribution in [0, 0.1) is 5.92 Å². The van der Waals surface area contributed by atoms with E-state index in [9.17, 15) is 4.79 Å². The number of benzene rings is 2. The van der Waals surface area contributed by atoms with Crippen LogP contribution in [0.15, 0.2) is 54.9 Å². The molecule has 4 aromatic rings. The minimum absolute atomic E-state index is 0.148. The number of hydrogen-bond donors (Lipinski definition) is 2. The van der Waals surface area contributed by atoms with Gasteiger partial charge in [-0.3, -0.25) is 4.79 Å². The van der Waals surface area contributed by atoms with Crippen molar-refractivity contribution in [3.8, 4) is 5.69 Å². The van der Waals surface area contributed by atoms with Gasteiger partial charge in [0, 0.05) is 0 Å². The van der Waals surface area contributed by atoms with Crippen LogP contribution in [0.1, 0.15) is 36.1 Å². The van der Waals surface area contributed by atoms with Gasteiger partial charge in [-0.15, -0.1) is 5.10 Å². The van der Waals surface area contributed by atoms with Crippen LogP contribution in [0.4, 0.5) is 0 Å². The second kappa shape index (κ2) is 6.99. The number of carbonyl (C=O) groups is 1. The van der Waals surface area contributed by atoms with E-state index < -0.39 is 0 Å². The number of para-hydroxylation sites is 3. The first kappa shape index (κ1) is 16.9. The number of aromatic nitrogens is 6. The lowest BCUT2D eigenvalue weighted by Crippen LogP contribution is -2.33. The summed E-state index contributed by atoms with van der Waals surface area (Å²) >= 11 is 0. The lowest BCUT2D eigenvalue weighted by molar-refractivity contribution is 0.0923. The molecule has 4 rings (SSSR count). The Bertz CT molecular complexity index is 1040. The topological polar surface area (TPSA) is 101 Å². The van der Waals surface area contributed by atoms with Crippen LogP contribution in [0.5, 0.6) is 0 Å². The monoisotopic (exact) mass is 361 g/mol. The Morgan fingerprint density at radius 1 is 1.11 bits per heavy atom. The van der Waals surface area contributed by atoms with Crippen molar-refractivity contribution in [1.29, 1.82) is 0 Å². The Hall–Kier alpha value is -3.55. The average Bonchev–Trinajstić information content (AvgIpc) is 3.35. The van der Waals surface area contributed by atoms with Gasteiger partial charge in [0.1, 0.15) is 12.2 Å². The van der Waals surface area contributed by atoms with Crippen LogP contribution >= 0.6 is 0 Å². The predicted molar refractivity (Wildman–Crippen MR) is 100 cm³/mol. The molecule has 1 atom stereocenters. The second-order valence-corrected chi connectivity index (χ2v) is 6.61. The maximum Gasteiger partial charge on any atom is 0.254 e. The molecular formula is C19H19N7O. The van der Waals surface area contributed by atoms with Gasteiger partial charge in [-0.1, -0.05) is 38.1 Å². The van der Waals surface area contributed by atoms with Gasteiger partial charge in [0.25, 0.3) is 5.91 Å². The fraction of sp³-hybridized carbons (Fsp3) is 0.211. The van der Waals surface area contributed by atoms with Crippen LogP contribution in [-0.2, 0) is 0 Å². The van der Waals surface area contributed by atoms with E-state index in [1.54, 1.807) is 12.1 Å². The number of nitrogens with one attached hydrogen (secondary N) is 2. The molecule has 0 aliphatic rings. The molecule has 0 aliphatic carbocycles. The van der Waals surface area contributed by atoms with Crippen LogP contribution in [-0.4, -0.2) is 36.1 Å². The van der Waals surface area contributed by atoms with Gasteiger partial charge in [-0.25, -0.2) is 4.98 Å². The van der Waals surface area contributed by atoms with E-state index in [1.165, 1.54) is 11.0 Å². The van der Waals surface area contributed by atoms with Crippen molar-refractivity contribution in [3.05, 3.63) is 66.2 Å². The van der Waals surface area contributed by atoms with Crippen molar-refractivity contribution in [3.63, 3.8) is 0 Å². The van der Waals surface area contributed by atoms with Crippen molar-refractivity contribution in [2.45, 2.75) is 19.9 Å². The third-order valence-electron chi connectivity index (χ3n) is 4.40. The van der Waals surface area contributed by atoms with E-state index in [4.69, 9.17) is 0 Å². The number of amides is 1. The summed E-state index contributed by atoms with van der Waals surface area (Å²) in [5.74, 6) is 0.675. The molecule has 2 aromatic carbocycles. The normalized spacial score (nSPS) is 12.4. The highest BCUT2D eigenvalue weighted by Gasteiger charge is 2.24. The zero-order valence-corrected chi connectivity index (χ0v) is 15.0. The van der Waals surface area contributed by atoms with Crippen LogP contribution in [0.3, 0.4) is 0 Å². The number of tetrazole rings is 1. The van der Waals surface area contributed by atoms with Crippen LogP contribution in [0.2, 0.25) is 0 Å². The molecule has 0 bridgehead atoms. The molecule has 0 aliphatic heterocycles. The molecular weight excluding hydrogens is 342 g/mol. The first-order valence-corrected chi connectivity index (χ1v) is 8.71. The number of hydrogen-bond acceptors (Lipinski definition) is 5. The number of carbonyl (C=O) groups excluding carboxylic acids is 1. The lowest BCUT2D eigenvalue weighted by Gasteiger charge is -2.21. The average molecular weight is 361 g/mol. The van der Waals surface area contributed by atoms with E-state index in [-0.39, 0.29) is 17.9 Å². The van der Waals surface area contributed by atoms with Crippen molar-refractivity contribution in [2.24, 2.45) is 5.92 Å². The molecule has 27 heavy (non-hydrogen) atoms. The summed E-state index contributed by atoms with van der Waals surface area (Å²) in [5, 5.41) is 14.3. The summed E-state index contributed by atoms with van der Waals surface area (Å²) in [5.41, 5.74) is 2.93. The van der Waals surface area contributed by atoms with Gasteiger partial charge in [-0.2, -0.15) is 4.68 Å². The molecule has 136 valence electrons. The molecule has 0 fully saturated rings. The molecule has 0 unspecified atom stereocenters. The van der Waals surface area contributed by atoms with Crippen molar-refractivity contribution >= 4 is 16.9 Å². The molecule has 0 saturated heterocycles. The van der Waals surface area contributed by atoms with E-state index in [0.29, 0.717) is 11.3 Å². The molecule has 1 amide bonds. The van der Waals surface area contributed by atoms with E-state index in [2.05, 4.69) is 30.8 Å².